The number of piperazine rings is 1. The fraction of sp³-hybridized carbons (Fsp3) is 1.00. The largest absolute Gasteiger partial charge is 0.313 e. The van der Waals surface area contributed by atoms with Crippen LogP contribution in [0.1, 0.15) is 47.0 Å². The van der Waals surface area contributed by atoms with Crippen LogP contribution < -0.4 is 5.32 Å². The standard InChI is InChI=1S/C16H33N3/c1-6-17-15-8-7-12(2)9-16(15)19-10-13(3)18(5)14(4)11-19/h12-17H,6-11H2,1-5H3. The SMILES string of the molecule is CCNC1CCC(C)CC1N1CC(C)N(C)C(C)C1. The van der Waals surface area contributed by atoms with Crippen LogP contribution in [0.25, 0.3) is 0 Å². The second-order valence-corrected chi connectivity index (χ2v) is 6.97. The molecule has 19 heavy (non-hydrogen) atoms. The normalized spacial score (nSPS) is 42.5. The highest BCUT2D eigenvalue weighted by Crippen LogP contribution is 2.30. The van der Waals surface area contributed by atoms with Crippen molar-refractivity contribution >= 4 is 0 Å². The molecule has 0 spiro atoms. The second kappa shape index (κ2) is 6.55. The van der Waals surface area contributed by atoms with Gasteiger partial charge in [-0.1, -0.05) is 13.8 Å². The Labute approximate surface area is 119 Å². The Balaban J connectivity index is 2.04. The zero-order chi connectivity index (χ0) is 14.0. The van der Waals surface area contributed by atoms with Crippen LogP contribution in [0.3, 0.4) is 0 Å². The first kappa shape index (κ1) is 15.3. The molecule has 3 nitrogen and oxygen atoms in total. The summed E-state index contributed by atoms with van der Waals surface area (Å²) in [5.74, 6) is 0.894. The smallest absolute Gasteiger partial charge is 0.0253 e. The first-order valence-electron chi connectivity index (χ1n) is 8.22. The van der Waals surface area contributed by atoms with E-state index in [-0.39, 0.29) is 0 Å². The number of hydrogen-bond acceptors (Lipinski definition) is 3. The minimum absolute atomic E-state index is 0.684. The lowest BCUT2D eigenvalue weighted by Crippen LogP contribution is -2.62. The highest BCUT2D eigenvalue weighted by atomic mass is 15.3. The van der Waals surface area contributed by atoms with Crippen molar-refractivity contribution in [1.29, 1.82) is 0 Å². The minimum Gasteiger partial charge on any atom is -0.313 e. The summed E-state index contributed by atoms with van der Waals surface area (Å²) < 4.78 is 0. The van der Waals surface area contributed by atoms with Gasteiger partial charge < -0.3 is 5.32 Å². The molecule has 0 bridgehead atoms. The molecule has 0 aromatic heterocycles. The van der Waals surface area contributed by atoms with Gasteiger partial charge in [0, 0.05) is 37.3 Å². The summed E-state index contributed by atoms with van der Waals surface area (Å²) in [6.07, 6.45) is 4.13. The molecule has 0 radical (unpaired) electrons. The average molecular weight is 267 g/mol. The van der Waals surface area contributed by atoms with Crippen LogP contribution in [-0.4, -0.2) is 60.6 Å². The van der Waals surface area contributed by atoms with Gasteiger partial charge in [0.05, 0.1) is 0 Å². The summed E-state index contributed by atoms with van der Waals surface area (Å²) in [5.41, 5.74) is 0. The molecule has 1 saturated carbocycles. The van der Waals surface area contributed by atoms with Crippen molar-refractivity contribution in [1.82, 2.24) is 15.1 Å². The molecule has 1 aliphatic carbocycles. The lowest BCUT2D eigenvalue weighted by atomic mass is 9.81. The van der Waals surface area contributed by atoms with E-state index >= 15 is 0 Å². The highest BCUT2D eigenvalue weighted by molar-refractivity contribution is 4.94. The summed E-state index contributed by atoms with van der Waals surface area (Å²) in [5, 5.41) is 3.74. The second-order valence-electron chi connectivity index (χ2n) is 6.97. The molecule has 5 atom stereocenters. The van der Waals surface area contributed by atoms with E-state index in [0.29, 0.717) is 18.1 Å². The van der Waals surface area contributed by atoms with Crippen molar-refractivity contribution in [2.24, 2.45) is 5.92 Å². The number of rotatable bonds is 3. The van der Waals surface area contributed by atoms with Gasteiger partial charge in [0.1, 0.15) is 0 Å². The summed E-state index contributed by atoms with van der Waals surface area (Å²) in [6, 6.07) is 2.83. The van der Waals surface area contributed by atoms with E-state index in [2.05, 4.69) is 49.9 Å². The topological polar surface area (TPSA) is 18.5 Å². The summed E-state index contributed by atoms with van der Waals surface area (Å²) in [6.45, 7) is 13.0. The van der Waals surface area contributed by atoms with E-state index in [1.807, 2.05) is 0 Å². The van der Waals surface area contributed by atoms with E-state index in [4.69, 9.17) is 0 Å². The molecule has 112 valence electrons. The van der Waals surface area contributed by atoms with Gasteiger partial charge in [-0.2, -0.15) is 0 Å². The molecule has 1 N–H and O–H groups in total. The molecule has 0 aromatic rings. The van der Waals surface area contributed by atoms with Crippen LogP contribution in [-0.2, 0) is 0 Å². The molecule has 1 heterocycles. The van der Waals surface area contributed by atoms with E-state index < -0.39 is 0 Å². The third-order valence-corrected chi connectivity index (χ3v) is 5.40. The fourth-order valence-electron chi connectivity index (χ4n) is 3.97. The predicted molar refractivity (Wildman–Crippen MR) is 82.5 cm³/mol. The van der Waals surface area contributed by atoms with Crippen LogP contribution >= 0.6 is 0 Å². The predicted octanol–water partition coefficient (Wildman–Crippen LogP) is 2.18. The van der Waals surface area contributed by atoms with Gasteiger partial charge in [-0.25, -0.2) is 0 Å². The lowest BCUT2D eigenvalue weighted by molar-refractivity contribution is 0.00560. The molecule has 5 unspecified atom stereocenters. The molecule has 1 aliphatic heterocycles. The molecule has 0 amide bonds. The zero-order valence-corrected chi connectivity index (χ0v) is 13.5. The fourth-order valence-corrected chi connectivity index (χ4v) is 3.97. The number of nitrogens with one attached hydrogen (secondary N) is 1. The van der Waals surface area contributed by atoms with Crippen LogP contribution in [0.2, 0.25) is 0 Å². The van der Waals surface area contributed by atoms with Gasteiger partial charge in [0.25, 0.3) is 0 Å². The van der Waals surface area contributed by atoms with Crippen molar-refractivity contribution < 1.29 is 0 Å². The maximum absolute atomic E-state index is 3.74. The number of nitrogens with zero attached hydrogens (tertiary/aromatic N) is 2. The molecule has 1 saturated heterocycles. The van der Waals surface area contributed by atoms with Gasteiger partial charge in [0.2, 0.25) is 0 Å². The molecule has 0 aromatic carbocycles. The van der Waals surface area contributed by atoms with Gasteiger partial charge in [-0.15, -0.1) is 0 Å². The van der Waals surface area contributed by atoms with E-state index in [0.717, 1.165) is 18.5 Å². The van der Waals surface area contributed by atoms with Crippen LogP contribution in [0.15, 0.2) is 0 Å². The van der Waals surface area contributed by atoms with Crippen molar-refractivity contribution in [3.05, 3.63) is 0 Å². The van der Waals surface area contributed by atoms with Crippen LogP contribution in [0.5, 0.6) is 0 Å². The minimum atomic E-state index is 0.684. The molecule has 2 fully saturated rings. The van der Waals surface area contributed by atoms with Crippen molar-refractivity contribution in [3.8, 4) is 0 Å². The third-order valence-electron chi connectivity index (χ3n) is 5.40. The van der Waals surface area contributed by atoms with Crippen LogP contribution in [0, 0.1) is 5.92 Å². The number of likely N-dealkylation sites (N-methyl/N-ethyl adjacent to an activating group) is 2. The number of hydrogen-bond donors (Lipinski definition) is 1. The van der Waals surface area contributed by atoms with E-state index in [9.17, 15) is 0 Å². The van der Waals surface area contributed by atoms with Crippen molar-refractivity contribution in [2.75, 3.05) is 26.7 Å². The molecular weight excluding hydrogens is 234 g/mol. The van der Waals surface area contributed by atoms with E-state index in [1.165, 1.54) is 32.4 Å². The van der Waals surface area contributed by atoms with Gasteiger partial charge in [-0.3, -0.25) is 9.80 Å². The van der Waals surface area contributed by atoms with Crippen molar-refractivity contribution in [2.45, 2.75) is 71.1 Å². The molecule has 3 heteroatoms. The van der Waals surface area contributed by atoms with Gasteiger partial charge in [0.15, 0.2) is 0 Å². The maximum Gasteiger partial charge on any atom is 0.0253 e. The zero-order valence-electron chi connectivity index (χ0n) is 13.5. The molecular formula is C16H33N3. The third kappa shape index (κ3) is 3.50. The quantitative estimate of drug-likeness (QED) is 0.845. The Hall–Kier alpha value is -0.120. The Morgan fingerprint density at radius 2 is 1.68 bits per heavy atom. The Morgan fingerprint density at radius 1 is 1.05 bits per heavy atom. The lowest BCUT2D eigenvalue weighted by Gasteiger charge is -2.49. The monoisotopic (exact) mass is 267 g/mol. The van der Waals surface area contributed by atoms with Crippen LogP contribution in [0.4, 0.5) is 0 Å². The first-order chi connectivity index (χ1) is 9.02. The Kier molecular flexibility index (Phi) is 5.27. The summed E-state index contributed by atoms with van der Waals surface area (Å²) in [7, 11) is 2.28. The summed E-state index contributed by atoms with van der Waals surface area (Å²) >= 11 is 0. The average Bonchev–Trinajstić information content (AvgIpc) is 2.37. The van der Waals surface area contributed by atoms with Gasteiger partial charge >= 0.3 is 0 Å². The maximum atomic E-state index is 3.74. The van der Waals surface area contributed by atoms with E-state index in [1.54, 1.807) is 0 Å². The Bertz CT molecular complexity index is 269. The van der Waals surface area contributed by atoms with Crippen molar-refractivity contribution in [3.63, 3.8) is 0 Å². The Morgan fingerprint density at radius 3 is 2.26 bits per heavy atom. The molecule has 2 rings (SSSR count). The molecule has 2 aliphatic rings. The first-order valence-corrected chi connectivity index (χ1v) is 8.22. The highest BCUT2D eigenvalue weighted by Gasteiger charge is 2.36. The summed E-state index contributed by atoms with van der Waals surface area (Å²) in [4.78, 5) is 5.31. The van der Waals surface area contributed by atoms with Gasteiger partial charge in [-0.05, 0) is 52.6 Å².